The van der Waals surface area contributed by atoms with E-state index >= 15 is 0 Å². The smallest absolute Gasteiger partial charge is 0.203 e. The van der Waals surface area contributed by atoms with Gasteiger partial charge in [-0.25, -0.2) is 4.98 Å². The van der Waals surface area contributed by atoms with Crippen molar-refractivity contribution < 1.29 is 0 Å². The van der Waals surface area contributed by atoms with Gasteiger partial charge in [0.15, 0.2) is 0 Å². The Kier molecular flexibility index (Phi) is 2.74. The summed E-state index contributed by atoms with van der Waals surface area (Å²) in [4.78, 5) is 9.55. The van der Waals surface area contributed by atoms with E-state index < -0.39 is 0 Å². The number of hydrogen-bond acceptors (Lipinski definition) is 2. The highest BCUT2D eigenvalue weighted by atomic mass is 35.5. The lowest BCUT2D eigenvalue weighted by molar-refractivity contribution is 0.726. The Balaban J connectivity index is 2.06. The summed E-state index contributed by atoms with van der Waals surface area (Å²) in [6, 6.07) is 0. The van der Waals surface area contributed by atoms with Gasteiger partial charge in [-0.15, -0.1) is 0 Å². The maximum atomic E-state index is 5.78. The number of imidazole rings is 1. The van der Waals surface area contributed by atoms with E-state index in [9.17, 15) is 0 Å². The molecule has 2 rings (SSSR count). The lowest BCUT2D eigenvalue weighted by atomic mass is 10.2. The molecule has 0 unspecified atom stereocenters. The number of H-pyrrole nitrogens is 1. The van der Waals surface area contributed by atoms with Crippen molar-refractivity contribution in [3.05, 3.63) is 11.3 Å². The third-order valence-corrected chi connectivity index (χ3v) is 2.63. The lowest BCUT2D eigenvalue weighted by Crippen LogP contribution is -2.24. The predicted octanol–water partition coefficient (Wildman–Crippen LogP) is 2.44. The first-order valence-electron chi connectivity index (χ1n) is 4.82. The van der Waals surface area contributed by atoms with Gasteiger partial charge in [0, 0.05) is 13.1 Å². The molecule has 0 aromatic carbocycles. The van der Waals surface area contributed by atoms with Gasteiger partial charge in [0.1, 0.15) is 5.15 Å². The van der Waals surface area contributed by atoms with Gasteiger partial charge >= 0.3 is 0 Å². The zero-order chi connectivity index (χ0) is 9.10. The second-order valence-corrected chi connectivity index (χ2v) is 3.86. The van der Waals surface area contributed by atoms with Crippen LogP contribution in [0.2, 0.25) is 5.15 Å². The van der Waals surface area contributed by atoms with E-state index in [1.165, 1.54) is 25.7 Å². The minimum atomic E-state index is 0.624. The van der Waals surface area contributed by atoms with Crippen LogP contribution in [-0.4, -0.2) is 23.1 Å². The number of rotatable bonds is 1. The number of nitrogens with one attached hydrogen (secondary N) is 1. The standard InChI is InChI=1S/C9H14ClN3/c10-8-7-11-9(12-8)13-5-3-1-2-4-6-13/h7H,1-6H2,(H,11,12). The van der Waals surface area contributed by atoms with Gasteiger partial charge in [0.05, 0.1) is 6.20 Å². The average molecular weight is 200 g/mol. The SMILES string of the molecule is Clc1cnc(N2CCCCCC2)[nH]1. The molecular formula is C9H14ClN3. The fourth-order valence-corrected chi connectivity index (χ4v) is 1.87. The van der Waals surface area contributed by atoms with Crippen molar-refractivity contribution in [2.45, 2.75) is 25.7 Å². The summed E-state index contributed by atoms with van der Waals surface area (Å²) in [6.07, 6.45) is 6.87. The Labute approximate surface area is 83.1 Å². The Morgan fingerprint density at radius 1 is 1.23 bits per heavy atom. The maximum absolute atomic E-state index is 5.78. The van der Waals surface area contributed by atoms with E-state index in [4.69, 9.17) is 11.6 Å². The number of halogens is 1. The highest BCUT2D eigenvalue weighted by molar-refractivity contribution is 6.29. The molecule has 0 amide bonds. The molecule has 1 aromatic rings. The van der Waals surface area contributed by atoms with Crippen LogP contribution in [0, 0.1) is 0 Å². The summed E-state index contributed by atoms with van der Waals surface area (Å²) in [5, 5.41) is 0.624. The molecule has 1 N–H and O–H groups in total. The van der Waals surface area contributed by atoms with Crippen LogP contribution in [0.25, 0.3) is 0 Å². The van der Waals surface area contributed by atoms with Crippen LogP contribution in [0.3, 0.4) is 0 Å². The Bertz CT molecular complexity index is 264. The highest BCUT2D eigenvalue weighted by Crippen LogP contribution is 2.17. The monoisotopic (exact) mass is 199 g/mol. The van der Waals surface area contributed by atoms with Crippen molar-refractivity contribution in [2.75, 3.05) is 18.0 Å². The fourth-order valence-electron chi connectivity index (χ4n) is 1.73. The topological polar surface area (TPSA) is 31.9 Å². The largest absolute Gasteiger partial charge is 0.342 e. The van der Waals surface area contributed by atoms with Crippen LogP contribution in [0.5, 0.6) is 0 Å². The average Bonchev–Trinajstić information content (AvgIpc) is 2.43. The summed E-state index contributed by atoms with van der Waals surface area (Å²) in [7, 11) is 0. The minimum Gasteiger partial charge on any atom is -0.342 e. The molecule has 0 spiro atoms. The minimum absolute atomic E-state index is 0.624. The van der Waals surface area contributed by atoms with Crippen molar-refractivity contribution in [1.82, 2.24) is 9.97 Å². The molecular weight excluding hydrogens is 186 g/mol. The first-order chi connectivity index (χ1) is 6.36. The van der Waals surface area contributed by atoms with E-state index in [0.29, 0.717) is 5.15 Å². The van der Waals surface area contributed by atoms with Crippen molar-refractivity contribution in [2.24, 2.45) is 0 Å². The summed E-state index contributed by atoms with van der Waals surface area (Å²) < 4.78 is 0. The second kappa shape index (κ2) is 4.01. The molecule has 4 heteroatoms. The quantitative estimate of drug-likeness (QED) is 0.754. The van der Waals surface area contributed by atoms with Crippen LogP contribution in [0.4, 0.5) is 5.95 Å². The Morgan fingerprint density at radius 3 is 2.46 bits per heavy atom. The van der Waals surface area contributed by atoms with Gasteiger partial charge in [-0.1, -0.05) is 24.4 Å². The lowest BCUT2D eigenvalue weighted by Gasteiger charge is -2.18. The molecule has 2 heterocycles. The molecule has 0 bridgehead atoms. The van der Waals surface area contributed by atoms with Crippen molar-refractivity contribution in [3.8, 4) is 0 Å². The third-order valence-electron chi connectivity index (χ3n) is 2.44. The van der Waals surface area contributed by atoms with Crippen LogP contribution in [0.1, 0.15) is 25.7 Å². The molecule has 3 nitrogen and oxygen atoms in total. The number of aromatic amines is 1. The van der Waals surface area contributed by atoms with Crippen LogP contribution in [-0.2, 0) is 0 Å². The van der Waals surface area contributed by atoms with Crippen LogP contribution in [0.15, 0.2) is 6.20 Å². The number of aromatic nitrogens is 2. The van der Waals surface area contributed by atoms with Crippen molar-refractivity contribution in [1.29, 1.82) is 0 Å². The first kappa shape index (κ1) is 8.88. The van der Waals surface area contributed by atoms with Crippen LogP contribution >= 0.6 is 11.6 Å². The molecule has 0 atom stereocenters. The van der Waals surface area contributed by atoms with Gasteiger partial charge in [-0.3, -0.25) is 0 Å². The van der Waals surface area contributed by atoms with E-state index in [-0.39, 0.29) is 0 Å². The molecule has 1 aliphatic rings. The summed E-state index contributed by atoms with van der Waals surface area (Å²) >= 11 is 5.78. The predicted molar refractivity (Wildman–Crippen MR) is 54.3 cm³/mol. The molecule has 1 fully saturated rings. The van der Waals surface area contributed by atoms with E-state index in [1.54, 1.807) is 6.20 Å². The number of anilines is 1. The molecule has 1 aromatic heterocycles. The third kappa shape index (κ3) is 2.15. The molecule has 1 aliphatic heterocycles. The first-order valence-corrected chi connectivity index (χ1v) is 5.19. The van der Waals surface area contributed by atoms with Gasteiger partial charge in [0.2, 0.25) is 5.95 Å². The van der Waals surface area contributed by atoms with Crippen molar-refractivity contribution >= 4 is 17.5 Å². The molecule has 0 aliphatic carbocycles. The Morgan fingerprint density at radius 2 is 1.92 bits per heavy atom. The molecule has 0 radical (unpaired) electrons. The van der Waals surface area contributed by atoms with Gasteiger partial charge in [-0.05, 0) is 12.8 Å². The normalized spacial score (nSPS) is 18.7. The van der Waals surface area contributed by atoms with E-state index in [1.807, 2.05) is 0 Å². The second-order valence-electron chi connectivity index (χ2n) is 3.46. The number of hydrogen-bond donors (Lipinski definition) is 1. The van der Waals surface area contributed by atoms with Gasteiger partial charge in [0.25, 0.3) is 0 Å². The summed E-state index contributed by atoms with van der Waals surface area (Å²) in [6.45, 7) is 2.20. The number of nitrogens with zero attached hydrogens (tertiary/aromatic N) is 2. The van der Waals surface area contributed by atoms with Gasteiger partial charge in [-0.2, -0.15) is 0 Å². The molecule has 72 valence electrons. The van der Waals surface area contributed by atoms with E-state index in [0.717, 1.165) is 19.0 Å². The molecule has 0 saturated carbocycles. The zero-order valence-corrected chi connectivity index (χ0v) is 8.35. The van der Waals surface area contributed by atoms with Crippen molar-refractivity contribution in [3.63, 3.8) is 0 Å². The maximum Gasteiger partial charge on any atom is 0.203 e. The Hall–Kier alpha value is -0.700. The molecule has 13 heavy (non-hydrogen) atoms. The van der Waals surface area contributed by atoms with Crippen LogP contribution < -0.4 is 4.90 Å². The van der Waals surface area contributed by atoms with E-state index in [2.05, 4.69) is 14.9 Å². The highest BCUT2D eigenvalue weighted by Gasteiger charge is 2.11. The zero-order valence-electron chi connectivity index (χ0n) is 7.59. The molecule has 1 saturated heterocycles. The fraction of sp³-hybridized carbons (Fsp3) is 0.667. The summed E-state index contributed by atoms with van der Waals surface area (Å²) in [5.41, 5.74) is 0. The van der Waals surface area contributed by atoms with Gasteiger partial charge < -0.3 is 9.88 Å². The summed E-state index contributed by atoms with van der Waals surface area (Å²) in [5.74, 6) is 0.923.